The zero-order valence-electron chi connectivity index (χ0n) is 19.5. The van der Waals surface area contributed by atoms with E-state index in [0.29, 0.717) is 48.2 Å². The van der Waals surface area contributed by atoms with Crippen molar-refractivity contribution < 1.29 is 14.4 Å². The Morgan fingerprint density at radius 1 is 0.886 bits per heavy atom. The van der Waals surface area contributed by atoms with Crippen LogP contribution in [-0.4, -0.2) is 77.4 Å². The first-order valence-electron chi connectivity index (χ1n) is 12.0. The zero-order chi connectivity index (χ0) is 24.6. The van der Waals surface area contributed by atoms with E-state index in [0.717, 1.165) is 31.6 Å². The zero-order valence-corrected chi connectivity index (χ0v) is 21.0. The number of piperidine rings is 1. The van der Waals surface area contributed by atoms with Crippen molar-refractivity contribution in [3.05, 3.63) is 64.1 Å². The van der Waals surface area contributed by atoms with Crippen LogP contribution in [0.3, 0.4) is 0 Å². The number of anilines is 1. The van der Waals surface area contributed by atoms with Gasteiger partial charge in [-0.15, -0.1) is 0 Å². The van der Waals surface area contributed by atoms with E-state index in [1.165, 1.54) is 0 Å². The number of hydrogen-bond acceptors (Lipinski definition) is 4. The summed E-state index contributed by atoms with van der Waals surface area (Å²) in [7, 11) is 0. The second-order valence-electron chi connectivity index (χ2n) is 9.44. The van der Waals surface area contributed by atoms with Crippen LogP contribution in [0.5, 0.6) is 0 Å². The Morgan fingerprint density at radius 3 is 2.23 bits per heavy atom. The minimum atomic E-state index is -0.785. The number of hydrogen-bond donors (Lipinski definition) is 0. The van der Waals surface area contributed by atoms with Crippen molar-refractivity contribution in [1.82, 2.24) is 14.7 Å². The summed E-state index contributed by atoms with van der Waals surface area (Å²) < 4.78 is 0. The first-order valence-corrected chi connectivity index (χ1v) is 12.8. The van der Waals surface area contributed by atoms with Crippen molar-refractivity contribution in [2.45, 2.75) is 31.2 Å². The molecule has 0 atom stereocenters. The van der Waals surface area contributed by atoms with Crippen LogP contribution >= 0.6 is 23.2 Å². The Balaban J connectivity index is 1.36. The topological polar surface area (TPSA) is 64.2 Å². The third-order valence-electron chi connectivity index (χ3n) is 7.41. The SMILES string of the molecule is O=C(CN1CN(c2ccccc2)C2(CCN(C(=O)c3ccc(Cl)cc3Cl)CC2)C1=O)N1CCCC1. The van der Waals surface area contributed by atoms with Gasteiger partial charge in [-0.05, 0) is 56.0 Å². The molecule has 35 heavy (non-hydrogen) atoms. The Labute approximate surface area is 215 Å². The highest BCUT2D eigenvalue weighted by Crippen LogP contribution is 2.40. The molecule has 3 aliphatic heterocycles. The van der Waals surface area contributed by atoms with Crippen molar-refractivity contribution >= 4 is 46.6 Å². The van der Waals surface area contributed by atoms with Gasteiger partial charge in [0, 0.05) is 36.9 Å². The molecule has 9 heteroatoms. The Morgan fingerprint density at radius 2 is 1.57 bits per heavy atom. The summed E-state index contributed by atoms with van der Waals surface area (Å²) in [5.74, 6) is -0.198. The summed E-state index contributed by atoms with van der Waals surface area (Å²) in [6, 6.07) is 14.7. The first-order chi connectivity index (χ1) is 16.9. The van der Waals surface area contributed by atoms with Crippen LogP contribution < -0.4 is 4.90 Å². The van der Waals surface area contributed by atoms with Gasteiger partial charge >= 0.3 is 0 Å². The molecule has 184 valence electrons. The van der Waals surface area contributed by atoms with Gasteiger partial charge in [0.05, 0.1) is 17.3 Å². The van der Waals surface area contributed by atoms with E-state index < -0.39 is 5.54 Å². The molecular weight excluding hydrogens is 487 g/mol. The molecule has 3 saturated heterocycles. The molecule has 3 heterocycles. The standard InChI is InChI=1S/C26H28Cl2N4O3/c27-19-8-9-21(22(28)16-19)24(34)30-14-10-26(11-15-30)25(35)31(17-23(33)29-12-4-5-13-29)18-32(26)20-6-2-1-3-7-20/h1-3,6-9,16H,4-5,10-15,17-18H2. The van der Waals surface area contributed by atoms with E-state index in [1.807, 2.05) is 35.2 Å². The molecule has 2 aromatic rings. The van der Waals surface area contributed by atoms with E-state index >= 15 is 0 Å². The Kier molecular flexibility index (Phi) is 6.64. The van der Waals surface area contributed by atoms with Gasteiger partial charge in [-0.2, -0.15) is 0 Å². The minimum absolute atomic E-state index is 0.00547. The van der Waals surface area contributed by atoms with Crippen molar-refractivity contribution in [1.29, 1.82) is 0 Å². The van der Waals surface area contributed by atoms with Gasteiger partial charge in [-0.25, -0.2) is 0 Å². The lowest BCUT2D eigenvalue weighted by atomic mass is 9.85. The number of rotatable bonds is 4. The number of benzene rings is 2. The van der Waals surface area contributed by atoms with Crippen molar-refractivity contribution in [3.63, 3.8) is 0 Å². The molecule has 3 aliphatic rings. The maximum atomic E-state index is 13.8. The average Bonchev–Trinajstić information content (AvgIpc) is 3.49. The van der Waals surface area contributed by atoms with Crippen LogP contribution in [0.15, 0.2) is 48.5 Å². The highest BCUT2D eigenvalue weighted by Gasteiger charge is 2.54. The molecule has 0 aliphatic carbocycles. The molecule has 5 rings (SSSR count). The minimum Gasteiger partial charge on any atom is -0.341 e. The molecule has 0 unspecified atom stereocenters. The summed E-state index contributed by atoms with van der Waals surface area (Å²) in [5.41, 5.74) is 0.563. The van der Waals surface area contributed by atoms with Crippen LogP contribution in [0.1, 0.15) is 36.0 Å². The lowest BCUT2D eigenvalue weighted by Crippen LogP contribution is -2.57. The van der Waals surface area contributed by atoms with Gasteiger partial charge in [-0.1, -0.05) is 41.4 Å². The summed E-state index contributed by atoms with van der Waals surface area (Å²) >= 11 is 12.3. The smallest absolute Gasteiger partial charge is 0.255 e. The lowest BCUT2D eigenvalue weighted by molar-refractivity contribution is -0.140. The number of halogens is 2. The fourth-order valence-electron chi connectivity index (χ4n) is 5.47. The number of nitrogens with zero attached hydrogens (tertiary/aromatic N) is 4. The second-order valence-corrected chi connectivity index (χ2v) is 10.3. The van der Waals surface area contributed by atoms with Crippen LogP contribution in [0.2, 0.25) is 10.0 Å². The molecule has 0 radical (unpaired) electrons. The third kappa shape index (κ3) is 4.47. The molecule has 0 bridgehead atoms. The maximum Gasteiger partial charge on any atom is 0.255 e. The van der Waals surface area contributed by atoms with E-state index in [1.54, 1.807) is 28.0 Å². The number of amides is 3. The average molecular weight is 515 g/mol. The van der Waals surface area contributed by atoms with Crippen molar-refractivity contribution in [3.8, 4) is 0 Å². The summed E-state index contributed by atoms with van der Waals surface area (Å²) in [5, 5.41) is 0.792. The summed E-state index contributed by atoms with van der Waals surface area (Å²) in [4.78, 5) is 47.2. The third-order valence-corrected chi connectivity index (χ3v) is 7.95. The Hall–Kier alpha value is -2.77. The van der Waals surface area contributed by atoms with Gasteiger partial charge in [0.15, 0.2) is 0 Å². The highest BCUT2D eigenvalue weighted by atomic mass is 35.5. The normalized spacial score (nSPS) is 19.7. The van der Waals surface area contributed by atoms with Gasteiger partial charge < -0.3 is 19.6 Å². The van der Waals surface area contributed by atoms with Crippen LogP contribution in [-0.2, 0) is 9.59 Å². The van der Waals surface area contributed by atoms with Gasteiger partial charge in [0.1, 0.15) is 12.1 Å². The number of para-hydroxylation sites is 1. The molecule has 1 spiro atoms. The van der Waals surface area contributed by atoms with E-state index in [9.17, 15) is 14.4 Å². The van der Waals surface area contributed by atoms with Crippen molar-refractivity contribution in [2.24, 2.45) is 0 Å². The molecular formula is C26H28Cl2N4O3. The maximum absolute atomic E-state index is 13.8. The fourth-order valence-corrected chi connectivity index (χ4v) is 5.95. The van der Waals surface area contributed by atoms with Crippen LogP contribution in [0.25, 0.3) is 0 Å². The van der Waals surface area contributed by atoms with Gasteiger partial charge in [-0.3, -0.25) is 14.4 Å². The van der Waals surface area contributed by atoms with E-state index in [-0.39, 0.29) is 24.3 Å². The number of carbonyl (C=O) groups excluding carboxylic acids is 3. The lowest BCUT2D eigenvalue weighted by Gasteiger charge is -2.43. The first kappa shape index (κ1) is 23.9. The molecule has 3 amide bonds. The molecule has 7 nitrogen and oxygen atoms in total. The molecule has 3 fully saturated rings. The summed E-state index contributed by atoms with van der Waals surface area (Å²) in [6.07, 6.45) is 2.99. The highest BCUT2D eigenvalue weighted by molar-refractivity contribution is 6.36. The molecule has 0 saturated carbocycles. The predicted octanol–water partition coefficient (Wildman–Crippen LogP) is 3.90. The summed E-state index contributed by atoms with van der Waals surface area (Å²) in [6.45, 7) is 2.81. The number of likely N-dealkylation sites (tertiary alicyclic amines) is 2. The molecule has 2 aromatic carbocycles. The van der Waals surface area contributed by atoms with Crippen LogP contribution in [0, 0.1) is 0 Å². The van der Waals surface area contributed by atoms with E-state index in [2.05, 4.69) is 4.90 Å². The van der Waals surface area contributed by atoms with Crippen LogP contribution in [0.4, 0.5) is 5.69 Å². The molecule has 0 aromatic heterocycles. The fraction of sp³-hybridized carbons (Fsp3) is 0.423. The largest absolute Gasteiger partial charge is 0.341 e. The van der Waals surface area contributed by atoms with E-state index in [4.69, 9.17) is 23.2 Å². The van der Waals surface area contributed by atoms with Gasteiger partial charge in [0.25, 0.3) is 11.8 Å². The van der Waals surface area contributed by atoms with Crippen molar-refractivity contribution in [2.75, 3.05) is 44.3 Å². The van der Waals surface area contributed by atoms with Gasteiger partial charge in [0.2, 0.25) is 5.91 Å². The number of carbonyl (C=O) groups is 3. The second kappa shape index (κ2) is 9.70. The predicted molar refractivity (Wildman–Crippen MR) is 136 cm³/mol. The molecule has 0 N–H and O–H groups in total. The Bertz CT molecular complexity index is 1130. The monoisotopic (exact) mass is 514 g/mol. The quantitative estimate of drug-likeness (QED) is 0.620.